The van der Waals surface area contributed by atoms with Crippen molar-refractivity contribution in [3.05, 3.63) is 51.9 Å². The number of anilines is 1. The van der Waals surface area contributed by atoms with Gasteiger partial charge in [-0.15, -0.1) is 11.3 Å². The number of benzene rings is 1. The van der Waals surface area contributed by atoms with Crippen molar-refractivity contribution in [3.63, 3.8) is 0 Å². The molecule has 7 heterocycles. The van der Waals surface area contributed by atoms with E-state index in [1.54, 1.807) is 26.3 Å². The average molecular weight is 1020 g/mol. The summed E-state index contributed by atoms with van der Waals surface area (Å²) < 4.78 is 74.8. The first-order valence-corrected chi connectivity index (χ1v) is 25.4. The van der Waals surface area contributed by atoms with E-state index in [0.717, 1.165) is 27.9 Å². The number of pyridine rings is 1. The van der Waals surface area contributed by atoms with Crippen LogP contribution in [0, 0.1) is 34.9 Å². The smallest absolute Gasteiger partial charge is 0.457 e. The van der Waals surface area contributed by atoms with E-state index in [9.17, 15) is 32.3 Å². The van der Waals surface area contributed by atoms with Gasteiger partial charge in [-0.05, 0) is 62.8 Å². The summed E-state index contributed by atoms with van der Waals surface area (Å²) in [5.41, 5.74) is 7.81. The number of nitrogens with one attached hydrogen (secondary N) is 2. The monoisotopic (exact) mass is 1020 g/mol. The number of aromatic nitrogens is 3. The number of amides is 4. The molecule has 388 valence electrons. The third-order valence-electron chi connectivity index (χ3n) is 13.9. The number of thiazole rings is 1. The fraction of sp³-hybridized carbons (Fsp3) is 0.569. The molecule has 3 fully saturated rings. The number of hydrazine groups is 1. The number of ether oxygens (including phenoxy) is 3. The molecular weight excluding hydrogens is 959 g/mol. The van der Waals surface area contributed by atoms with Crippen molar-refractivity contribution >= 4 is 51.7 Å². The van der Waals surface area contributed by atoms with Crippen LogP contribution in [0.3, 0.4) is 0 Å². The zero-order valence-electron chi connectivity index (χ0n) is 42.0. The number of likely N-dealkylation sites (N-methyl/N-ethyl adjacent to an activating group) is 1. The lowest BCUT2D eigenvalue weighted by atomic mass is 9.84. The Morgan fingerprint density at radius 1 is 1.10 bits per heavy atom. The number of carbonyl (C=O) groups is 4. The van der Waals surface area contributed by atoms with Gasteiger partial charge >= 0.3 is 18.2 Å². The number of likely N-dealkylation sites (tertiary alicyclic amines) is 1. The van der Waals surface area contributed by atoms with Crippen LogP contribution in [-0.2, 0) is 48.0 Å². The number of fused-ring (bicyclic) bond motifs is 6. The van der Waals surface area contributed by atoms with E-state index >= 15 is 4.39 Å². The summed E-state index contributed by atoms with van der Waals surface area (Å²) >= 11 is 1.20. The summed E-state index contributed by atoms with van der Waals surface area (Å²) in [4.78, 5) is 71.3. The van der Waals surface area contributed by atoms with Crippen molar-refractivity contribution < 1.29 is 51.0 Å². The number of urea groups is 1. The third-order valence-corrected chi connectivity index (χ3v) is 14.7. The van der Waals surface area contributed by atoms with Crippen molar-refractivity contribution in [3.8, 4) is 34.4 Å². The maximum atomic E-state index is 16.9. The number of cyclic esters (lactones) is 1. The second-order valence-electron chi connectivity index (χ2n) is 20.1. The largest absolute Gasteiger partial charge is 0.464 e. The van der Waals surface area contributed by atoms with Crippen LogP contribution in [0.4, 0.5) is 28.0 Å². The van der Waals surface area contributed by atoms with Crippen molar-refractivity contribution in [2.24, 2.45) is 17.3 Å². The Morgan fingerprint density at radius 2 is 1.83 bits per heavy atom. The van der Waals surface area contributed by atoms with Crippen LogP contribution in [0.5, 0.6) is 0 Å². The molecule has 3 saturated heterocycles. The molecule has 16 nitrogen and oxygen atoms in total. The number of alkyl halides is 3. The molecule has 4 amide bonds. The number of methoxy groups -OCH3 is 1. The van der Waals surface area contributed by atoms with Gasteiger partial charge in [-0.25, -0.2) is 19.6 Å². The van der Waals surface area contributed by atoms with Gasteiger partial charge in [0.15, 0.2) is 0 Å². The molecule has 0 aliphatic carbocycles. The Morgan fingerprint density at radius 3 is 2.51 bits per heavy atom. The van der Waals surface area contributed by atoms with E-state index in [-0.39, 0.29) is 38.2 Å². The first-order valence-electron chi connectivity index (χ1n) is 24.5. The quantitative estimate of drug-likeness (QED) is 0.104. The van der Waals surface area contributed by atoms with Crippen LogP contribution in [0.1, 0.15) is 76.8 Å². The standard InChI is InChI=1S/C51H63F4N9O7S/c1-9-63-41-21-37(52)34-20-33(41)36(45(63)35-19-32(61-15-17-70-18-16-61)24-56-43(35)30(4)69-8)23-50(5,6)28-71-48(67)38-11-10-14-64(59-38)47(66)39(22-42-57-40(34)27-72-42)58-46(65)44(29(2)3)60(7)49(68)62-25-31(26-62)12-13-51(53,54)55/h19-21,24,27,29-31,38-39,44,59H,9-11,14-18,22-23,25-26,28H2,1-8H3,(H,58,65)/t30-,38?,39-,44-/m0/s1. The van der Waals surface area contributed by atoms with Crippen LogP contribution in [-0.4, -0.2) is 144 Å². The van der Waals surface area contributed by atoms with Crippen LogP contribution < -0.4 is 15.6 Å². The van der Waals surface area contributed by atoms with Gasteiger partial charge in [0.05, 0.1) is 71.3 Å². The molecule has 72 heavy (non-hydrogen) atoms. The highest BCUT2D eigenvalue weighted by atomic mass is 32.1. The first kappa shape index (κ1) is 52.5. The molecule has 3 aromatic heterocycles. The minimum absolute atomic E-state index is 0.00759. The molecule has 4 aliphatic rings. The number of hydrogen-bond donors (Lipinski definition) is 2. The zero-order valence-corrected chi connectivity index (χ0v) is 42.8. The topological polar surface area (TPSA) is 164 Å². The highest BCUT2D eigenvalue weighted by Gasteiger charge is 2.41. The Labute approximate surface area is 420 Å². The van der Waals surface area contributed by atoms with Gasteiger partial charge < -0.3 is 38.8 Å². The summed E-state index contributed by atoms with van der Waals surface area (Å²) in [7, 11) is 3.06. The van der Waals surface area contributed by atoms with Gasteiger partial charge in [0.2, 0.25) is 5.91 Å². The molecule has 4 aromatic rings. The zero-order chi connectivity index (χ0) is 51.8. The highest BCUT2D eigenvalue weighted by molar-refractivity contribution is 7.10. The summed E-state index contributed by atoms with van der Waals surface area (Å²) in [5.74, 6) is -0.0226. The molecule has 8 rings (SSSR count). The lowest BCUT2D eigenvalue weighted by molar-refractivity contribution is -0.155. The van der Waals surface area contributed by atoms with Gasteiger partial charge in [0.25, 0.3) is 5.91 Å². The second-order valence-corrected chi connectivity index (χ2v) is 21.1. The Bertz CT molecular complexity index is 2760. The third kappa shape index (κ3) is 11.2. The Hall–Kier alpha value is -5.82. The van der Waals surface area contributed by atoms with E-state index in [4.69, 9.17) is 24.2 Å². The lowest BCUT2D eigenvalue weighted by Crippen LogP contribution is -2.63. The van der Waals surface area contributed by atoms with E-state index < -0.39 is 77.3 Å². The van der Waals surface area contributed by atoms with Gasteiger partial charge in [-0.2, -0.15) is 13.2 Å². The molecular formula is C51H63F4N9O7S. The minimum atomic E-state index is -4.65. The number of hydrogen-bond acceptors (Lipinski definition) is 12. The molecule has 0 saturated carbocycles. The number of rotatable bonds is 9. The molecule has 2 N–H and O–H groups in total. The summed E-state index contributed by atoms with van der Waals surface area (Å²) in [6.45, 7) is 14.6. The molecule has 1 aromatic carbocycles. The van der Waals surface area contributed by atoms with Crippen LogP contribution in [0.2, 0.25) is 0 Å². The number of carbonyl (C=O) groups excluding carboxylic acids is 4. The molecule has 21 heteroatoms. The van der Waals surface area contributed by atoms with Crippen molar-refractivity contribution in [1.29, 1.82) is 0 Å². The van der Waals surface area contributed by atoms with Gasteiger partial charge in [-0.1, -0.05) is 33.6 Å². The van der Waals surface area contributed by atoms with E-state index in [1.807, 2.05) is 40.0 Å². The van der Waals surface area contributed by atoms with Crippen molar-refractivity contribution in [2.75, 3.05) is 71.6 Å². The van der Waals surface area contributed by atoms with Gasteiger partial charge in [-0.3, -0.25) is 24.4 Å². The number of esters is 1. The van der Waals surface area contributed by atoms with Crippen molar-refractivity contribution in [2.45, 2.75) is 104 Å². The Balaban J connectivity index is 1.18. The highest BCUT2D eigenvalue weighted by Crippen LogP contribution is 2.44. The fourth-order valence-corrected chi connectivity index (χ4v) is 10.9. The SMILES string of the molecule is CCn1c(-c2cc(N3CCOCC3)cnc2[C@H](C)OC)c2c3cc(c(F)cc31)-c1csc(n1)C[C@H](NC(=O)[C@H](C(C)C)N(C)C(=O)N1CC(C#CC(F)(F)F)C1)C(=O)N1CCCC(N1)C(=O)OCC(C)(C)C2. The summed E-state index contributed by atoms with van der Waals surface area (Å²) in [6.07, 6.45) is -2.08. The molecule has 4 aliphatic heterocycles. The second kappa shape index (κ2) is 21.3. The molecule has 0 spiro atoms. The fourth-order valence-electron chi connectivity index (χ4n) is 10.1. The normalized spacial score (nSPS) is 20.8. The molecule has 1 unspecified atom stereocenters. The van der Waals surface area contributed by atoms with Gasteiger partial charge in [0.1, 0.15) is 23.9 Å². The number of halogens is 4. The summed E-state index contributed by atoms with van der Waals surface area (Å²) in [6, 6.07) is 1.63. The number of aryl methyl sites for hydroxylation is 1. The predicted molar refractivity (Wildman–Crippen MR) is 263 cm³/mol. The van der Waals surface area contributed by atoms with Crippen LogP contribution in [0.25, 0.3) is 33.4 Å². The van der Waals surface area contributed by atoms with Crippen molar-refractivity contribution in [1.82, 2.24) is 40.1 Å². The maximum absolute atomic E-state index is 16.9. The Kier molecular flexibility index (Phi) is 15.6. The first-order chi connectivity index (χ1) is 34.2. The molecule has 0 radical (unpaired) electrons. The predicted octanol–water partition coefficient (Wildman–Crippen LogP) is 6.75. The molecule has 4 atom stereocenters. The van der Waals surface area contributed by atoms with E-state index in [2.05, 4.69) is 32.2 Å². The van der Waals surface area contributed by atoms with Crippen LogP contribution in [0.15, 0.2) is 29.8 Å². The molecule has 6 bridgehead atoms. The number of morpholine rings is 1. The lowest BCUT2D eigenvalue weighted by Gasteiger charge is -2.41. The number of nitrogens with zero attached hydrogens (tertiary/aromatic N) is 7. The van der Waals surface area contributed by atoms with E-state index in [0.29, 0.717) is 74.0 Å². The maximum Gasteiger partial charge on any atom is 0.457 e. The summed E-state index contributed by atoms with van der Waals surface area (Å²) in [5, 5.41) is 7.09. The minimum Gasteiger partial charge on any atom is -0.464 e. The van der Waals surface area contributed by atoms with Gasteiger partial charge in [0, 0.05) is 93.1 Å². The van der Waals surface area contributed by atoms with Crippen LogP contribution >= 0.6 is 11.3 Å². The van der Waals surface area contributed by atoms with E-state index in [1.165, 1.54) is 45.2 Å². The average Bonchev–Trinajstić information content (AvgIpc) is 3.91.